The molecule has 0 bridgehead atoms. The first-order valence-corrected chi connectivity index (χ1v) is 9.51. The Morgan fingerprint density at radius 3 is 1.40 bits per heavy atom. The van der Waals surface area contributed by atoms with E-state index in [2.05, 4.69) is 13.8 Å². The zero-order valence-electron chi connectivity index (χ0n) is 13.1. The molecule has 0 aromatic rings. The molecule has 0 amide bonds. The molecule has 0 saturated heterocycles. The second-order valence-corrected chi connectivity index (χ2v) is 7.46. The van der Waals surface area contributed by atoms with Crippen molar-refractivity contribution in [1.82, 2.24) is 0 Å². The van der Waals surface area contributed by atoms with E-state index in [1.807, 2.05) is 0 Å². The van der Waals surface area contributed by atoms with E-state index in [4.69, 9.17) is 0 Å². The van der Waals surface area contributed by atoms with E-state index in [9.17, 15) is 18.1 Å². The molecule has 0 saturated carbocycles. The van der Waals surface area contributed by atoms with Gasteiger partial charge in [-0.2, -0.15) is 8.42 Å². The van der Waals surface area contributed by atoms with Gasteiger partial charge in [0.15, 0.2) is 4.93 Å². The molecule has 0 aliphatic carbocycles. The molecule has 0 rings (SSSR count). The van der Waals surface area contributed by atoms with Crippen LogP contribution in [0.15, 0.2) is 0 Å². The lowest BCUT2D eigenvalue weighted by atomic mass is 10.0. The first-order valence-electron chi connectivity index (χ1n) is 8.06. The van der Waals surface area contributed by atoms with Gasteiger partial charge < -0.3 is 5.11 Å². The van der Waals surface area contributed by atoms with Crippen LogP contribution in [0.3, 0.4) is 0 Å². The highest BCUT2D eigenvalue weighted by atomic mass is 32.2. The highest BCUT2D eigenvalue weighted by Crippen LogP contribution is 2.28. The molecule has 0 spiro atoms. The average Bonchev–Trinajstić information content (AvgIpc) is 2.37. The molecule has 0 aromatic heterocycles. The third kappa shape index (κ3) is 8.22. The van der Waals surface area contributed by atoms with Gasteiger partial charge in [0, 0.05) is 0 Å². The van der Waals surface area contributed by atoms with Crippen LogP contribution < -0.4 is 0 Å². The van der Waals surface area contributed by atoms with Crippen molar-refractivity contribution in [2.75, 3.05) is 0 Å². The van der Waals surface area contributed by atoms with E-state index in [1.165, 1.54) is 0 Å². The van der Waals surface area contributed by atoms with Gasteiger partial charge in [-0.05, 0) is 25.7 Å². The molecule has 4 nitrogen and oxygen atoms in total. The molecule has 20 heavy (non-hydrogen) atoms. The minimum absolute atomic E-state index is 0.142. The van der Waals surface area contributed by atoms with Crippen LogP contribution >= 0.6 is 0 Å². The van der Waals surface area contributed by atoms with Crippen LogP contribution in [0.1, 0.15) is 90.9 Å². The number of hydrogen-bond acceptors (Lipinski definition) is 3. The molecule has 0 aliphatic heterocycles. The standard InChI is InChI=1S/C15H32O4S/c1-3-5-7-9-11-13-15(16,20(17,18)19)14-12-10-8-6-4-2/h16H,3-14H2,1-2H3,(H,17,18,19). The van der Waals surface area contributed by atoms with Crippen LogP contribution in [0.2, 0.25) is 0 Å². The molecule has 122 valence electrons. The van der Waals surface area contributed by atoms with Gasteiger partial charge in [0.05, 0.1) is 0 Å². The van der Waals surface area contributed by atoms with Crippen LogP contribution in [0.5, 0.6) is 0 Å². The van der Waals surface area contributed by atoms with Gasteiger partial charge in [0.1, 0.15) is 0 Å². The fraction of sp³-hybridized carbons (Fsp3) is 1.00. The van der Waals surface area contributed by atoms with Crippen LogP contribution in [0.4, 0.5) is 0 Å². The summed E-state index contributed by atoms with van der Waals surface area (Å²) < 4.78 is 32.1. The highest BCUT2D eigenvalue weighted by Gasteiger charge is 2.39. The normalized spacial score (nSPS) is 12.8. The Morgan fingerprint density at radius 2 is 1.10 bits per heavy atom. The predicted molar refractivity (Wildman–Crippen MR) is 83.3 cm³/mol. The molecule has 0 unspecified atom stereocenters. The van der Waals surface area contributed by atoms with E-state index in [0.29, 0.717) is 12.8 Å². The minimum Gasteiger partial charge on any atom is -0.372 e. The van der Waals surface area contributed by atoms with E-state index in [1.54, 1.807) is 0 Å². The summed E-state index contributed by atoms with van der Waals surface area (Å²) in [6.07, 6.45) is 9.98. The highest BCUT2D eigenvalue weighted by molar-refractivity contribution is 7.87. The van der Waals surface area contributed by atoms with Gasteiger partial charge in [-0.3, -0.25) is 4.55 Å². The lowest BCUT2D eigenvalue weighted by Gasteiger charge is -2.24. The largest absolute Gasteiger partial charge is 0.372 e. The van der Waals surface area contributed by atoms with Crippen molar-refractivity contribution in [3.8, 4) is 0 Å². The molecular weight excluding hydrogens is 276 g/mol. The Balaban J connectivity index is 4.17. The van der Waals surface area contributed by atoms with Crippen molar-refractivity contribution < 1.29 is 18.1 Å². The Bertz CT molecular complexity index is 311. The monoisotopic (exact) mass is 308 g/mol. The van der Waals surface area contributed by atoms with Crippen LogP contribution in [-0.2, 0) is 10.1 Å². The van der Waals surface area contributed by atoms with E-state index in [-0.39, 0.29) is 12.8 Å². The third-order valence-electron chi connectivity index (χ3n) is 3.82. The van der Waals surface area contributed by atoms with Crippen molar-refractivity contribution in [2.24, 2.45) is 0 Å². The molecule has 5 heteroatoms. The zero-order valence-corrected chi connectivity index (χ0v) is 13.9. The lowest BCUT2D eigenvalue weighted by molar-refractivity contribution is 0.0884. The first kappa shape index (κ1) is 19.9. The summed E-state index contributed by atoms with van der Waals surface area (Å²) in [5.74, 6) is 0. The maximum atomic E-state index is 11.4. The predicted octanol–water partition coefficient (Wildman–Crippen LogP) is 4.28. The molecule has 0 radical (unpaired) electrons. The summed E-state index contributed by atoms with van der Waals surface area (Å²) in [6, 6.07) is 0. The zero-order chi connectivity index (χ0) is 15.5. The van der Waals surface area contributed by atoms with Gasteiger partial charge in [0.2, 0.25) is 0 Å². The van der Waals surface area contributed by atoms with Crippen molar-refractivity contribution in [3.63, 3.8) is 0 Å². The van der Waals surface area contributed by atoms with Crippen molar-refractivity contribution in [1.29, 1.82) is 0 Å². The molecule has 2 N–H and O–H groups in total. The summed E-state index contributed by atoms with van der Waals surface area (Å²) >= 11 is 0. The Labute approximate surface area is 124 Å². The van der Waals surface area contributed by atoms with E-state index < -0.39 is 15.1 Å². The maximum absolute atomic E-state index is 11.4. The molecule has 0 atom stereocenters. The second kappa shape index (κ2) is 10.6. The number of rotatable bonds is 13. The summed E-state index contributed by atoms with van der Waals surface area (Å²) in [5.41, 5.74) is 0. The average molecular weight is 308 g/mol. The second-order valence-electron chi connectivity index (χ2n) is 5.75. The van der Waals surface area contributed by atoms with Gasteiger partial charge in [-0.15, -0.1) is 0 Å². The van der Waals surface area contributed by atoms with E-state index >= 15 is 0 Å². The fourth-order valence-electron chi connectivity index (χ4n) is 2.39. The Hall–Kier alpha value is -0.130. The summed E-state index contributed by atoms with van der Waals surface area (Å²) in [4.78, 5) is -1.94. The quantitative estimate of drug-likeness (QED) is 0.393. The van der Waals surface area contributed by atoms with Gasteiger partial charge in [-0.25, -0.2) is 0 Å². The number of hydrogen-bond donors (Lipinski definition) is 2. The minimum atomic E-state index is -4.39. The van der Waals surface area contributed by atoms with Crippen molar-refractivity contribution in [3.05, 3.63) is 0 Å². The molecule has 0 fully saturated rings. The van der Waals surface area contributed by atoms with Crippen LogP contribution in [0.25, 0.3) is 0 Å². The van der Waals surface area contributed by atoms with Gasteiger partial charge in [-0.1, -0.05) is 65.2 Å². The summed E-state index contributed by atoms with van der Waals surface area (Å²) in [5, 5.41) is 10.2. The third-order valence-corrected chi connectivity index (χ3v) is 5.19. The lowest BCUT2D eigenvalue weighted by Crippen LogP contribution is -2.38. The Kier molecular flexibility index (Phi) is 10.5. The van der Waals surface area contributed by atoms with Gasteiger partial charge in [0.25, 0.3) is 10.1 Å². The maximum Gasteiger partial charge on any atom is 0.294 e. The SMILES string of the molecule is CCCCCCCC(O)(CCCCCCC)S(=O)(=O)O. The summed E-state index contributed by atoms with van der Waals surface area (Å²) in [6.45, 7) is 4.23. The van der Waals surface area contributed by atoms with Crippen molar-refractivity contribution in [2.45, 2.75) is 95.8 Å². The Morgan fingerprint density at radius 1 is 0.750 bits per heavy atom. The fourth-order valence-corrected chi connectivity index (χ4v) is 3.20. The van der Waals surface area contributed by atoms with Crippen LogP contribution in [-0.4, -0.2) is 23.0 Å². The molecule has 0 aliphatic rings. The van der Waals surface area contributed by atoms with Crippen LogP contribution in [0, 0.1) is 0 Å². The smallest absolute Gasteiger partial charge is 0.294 e. The number of aliphatic hydroxyl groups is 1. The van der Waals surface area contributed by atoms with Crippen molar-refractivity contribution >= 4 is 10.1 Å². The molecule has 0 heterocycles. The molecule has 0 aromatic carbocycles. The number of unbranched alkanes of at least 4 members (excludes halogenated alkanes) is 8. The van der Waals surface area contributed by atoms with Gasteiger partial charge >= 0.3 is 0 Å². The topological polar surface area (TPSA) is 74.6 Å². The first-order chi connectivity index (χ1) is 9.37. The van der Waals surface area contributed by atoms with E-state index in [0.717, 1.165) is 51.4 Å². The molecular formula is C15H32O4S. The summed E-state index contributed by atoms with van der Waals surface area (Å²) in [7, 11) is -4.39.